The number of hydrogen-bond acceptors (Lipinski definition) is 3. The summed E-state index contributed by atoms with van der Waals surface area (Å²) < 4.78 is 0. The number of nitrogen functional groups attached to an aromatic ring is 1. The number of carbonyl (C=O) groups is 1. The van der Waals surface area contributed by atoms with Crippen LogP contribution in [0, 0.1) is 0 Å². The van der Waals surface area contributed by atoms with E-state index in [2.05, 4.69) is 0 Å². The van der Waals surface area contributed by atoms with E-state index < -0.39 is 0 Å². The Bertz CT molecular complexity index is 669. The van der Waals surface area contributed by atoms with Gasteiger partial charge in [0.25, 0.3) is 0 Å². The van der Waals surface area contributed by atoms with Crippen molar-refractivity contribution in [2.45, 2.75) is 12.3 Å². The second kappa shape index (κ2) is 5.58. The molecule has 0 spiro atoms. The maximum atomic E-state index is 12.8. The van der Waals surface area contributed by atoms with Gasteiger partial charge in [-0.15, -0.1) is 0 Å². The molecule has 0 radical (unpaired) electrons. The zero-order valence-corrected chi connectivity index (χ0v) is 11.7. The van der Waals surface area contributed by atoms with Crippen LogP contribution in [-0.2, 0) is 11.2 Å². The molecule has 0 saturated carbocycles. The summed E-state index contributed by atoms with van der Waals surface area (Å²) in [5, 5.41) is 9.27. The number of fused-ring (bicyclic) bond motifs is 1. The van der Waals surface area contributed by atoms with Crippen molar-refractivity contribution in [1.82, 2.24) is 0 Å². The fraction of sp³-hybridized carbons (Fsp3) is 0.235. The summed E-state index contributed by atoms with van der Waals surface area (Å²) in [6.07, 6.45) is 0.754. The number of carbonyl (C=O) groups excluding carboxylic acids is 1. The Morgan fingerprint density at radius 1 is 1.19 bits per heavy atom. The van der Waals surface area contributed by atoms with E-state index >= 15 is 0 Å². The highest BCUT2D eigenvalue weighted by Crippen LogP contribution is 2.37. The molecule has 0 aliphatic heterocycles. The van der Waals surface area contributed by atoms with Gasteiger partial charge in [-0.2, -0.15) is 0 Å². The predicted molar refractivity (Wildman–Crippen MR) is 83.2 cm³/mol. The first-order valence-corrected chi connectivity index (χ1v) is 7.07. The van der Waals surface area contributed by atoms with Gasteiger partial charge in [0.2, 0.25) is 5.91 Å². The summed E-state index contributed by atoms with van der Waals surface area (Å²) in [6, 6.07) is 15.2. The number of nitrogens with two attached hydrogens (primary N) is 1. The largest absolute Gasteiger partial charge is 0.397 e. The molecule has 1 amide bonds. The Morgan fingerprint density at radius 2 is 1.90 bits per heavy atom. The molecule has 0 fully saturated rings. The fourth-order valence-electron chi connectivity index (χ4n) is 2.85. The third kappa shape index (κ3) is 2.38. The minimum absolute atomic E-state index is 0.000602. The quantitative estimate of drug-likeness (QED) is 0.842. The van der Waals surface area contributed by atoms with Crippen molar-refractivity contribution in [2.75, 3.05) is 23.8 Å². The minimum atomic E-state index is -0.132. The lowest BCUT2D eigenvalue weighted by Crippen LogP contribution is -2.41. The van der Waals surface area contributed by atoms with Gasteiger partial charge >= 0.3 is 0 Å². The maximum Gasteiger partial charge on any atom is 0.235 e. The van der Waals surface area contributed by atoms with E-state index in [1.165, 1.54) is 5.56 Å². The van der Waals surface area contributed by atoms with Crippen LogP contribution in [0.5, 0.6) is 0 Å². The van der Waals surface area contributed by atoms with Gasteiger partial charge in [0.1, 0.15) is 0 Å². The SMILES string of the molecule is Nc1ccccc1N(CCO)C(=O)C1Cc2ccccc21. The Labute approximate surface area is 123 Å². The lowest BCUT2D eigenvalue weighted by molar-refractivity contribution is -0.120. The number of nitrogens with zero attached hydrogens (tertiary/aromatic N) is 1. The van der Waals surface area contributed by atoms with E-state index in [0.29, 0.717) is 11.4 Å². The first kappa shape index (κ1) is 13.6. The molecule has 0 aromatic heterocycles. The van der Waals surface area contributed by atoms with Crippen LogP contribution in [0.3, 0.4) is 0 Å². The van der Waals surface area contributed by atoms with E-state index in [1.54, 1.807) is 11.0 Å². The Balaban J connectivity index is 1.89. The highest BCUT2D eigenvalue weighted by molar-refractivity contribution is 6.01. The molecule has 1 unspecified atom stereocenters. The highest BCUT2D eigenvalue weighted by atomic mass is 16.3. The molecule has 1 atom stereocenters. The molecule has 21 heavy (non-hydrogen) atoms. The van der Waals surface area contributed by atoms with E-state index in [0.717, 1.165) is 12.0 Å². The molecule has 3 rings (SSSR count). The average Bonchev–Trinajstić information content (AvgIpc) is 2.47. The molecular formula is C17H18N2O2. The normalized spacial score (nSPS) is 16.0. The molecule has 4 heteroatoms. The van der Waals surface area contributed by atoms with Crippen molar-refractivity contribution in [2.24, 2.45) is 0 Å². The van der Waals surface area contributed by atoms with Gasteiger partial charge in [0, 0.05) is 6.54 Å². The number of rotatable bonds is 4. The molecule has 0 heterocycles. The molecular weight excluding hydrogens is 264 g/mol. The molecule has 3 N–H and O–H groups in total. The lowest BCUT2D eigenvalue weighted by Gasteiger charge is -2.34. The molecule has 2 aromatic rings. The van der Waals surface area contributed by atoms with Crippen molar-refractivity contribution >= 4 is 17.3 Å². The molecule has 4 nitrogen and oxygen atoms in total. The van der Waals surface area contributed by atoms with Gasteiger partial charge in [-0.1, -0.05) is 36.4 Å². The van der Waals surface area contributed by atoms with Crippen LogP contribution in [0.2, 0.25) is 0 Å². The standard InChI is InChI=1S/C17H18N2O2/c18-15-7-3-4-8-16(15)19(9-10-20)17(21)14-11-12-5-1-2-6-13(12)14/h1-8,14,20H,9-11,18H2. The van der Waals surface area contributed by atoms with Crippen LogP contribution < -0.4 is 10.6 Å². The van der Waals surface area contributed by atoms with Crippen molar-refractivity contribution in [3.8, 4) is 0 Å². The number of anilines is 2. The molecule has 1 aliphatic rings. The van der Waals surface area contributed by atoms with Crippen molar-refractivity contribution in [1.29, 1.82) is 0 Å². The molecule has 108 valence electrons. The van der Waals surface area contributed by atoms with Gasteiger partial charge in [0.15, 0.2) is 0 Å². The fourth-order valence-corrected chi connectivity index (χ4v) is 2.85. The average molecular weight is 282 g/mol. The summed E-state index contributed by atoms with van der Waals surface area (Å²) in [6.45, 7) is 0.167. The topological polar surface area (TPSA) is 66.6 Å². The van der Waals surface area contributed by atoms with E-state index in [9.17, 15) is 9.90 Å². The summed E-state index contributed by atoms with van der Waals surface area (Å²) >= 11 is 0. The summed E-state index contributed by atoms with van der Waals surface area (Å²) in [4.78, 5) is 14.4. The smallest absolute Gasteiger partial charge is 0.235 e. The predicted octanol–water partition coefficient (Wildman–Crippen LogP) is 1.93. The Hall–Kier alpha value is -2.33. The van der Waals surface area contributed by atoms with E-state index in [1.807, 2.05) is 42.5 Å². The minimum Gasteiger partial charge on any atom is -0.397 e. The molecule has 1 aliphatic carbocycles. The first-order chi connectivity index (χ1) is 10.2. The van der Waals surface area contributed by atoms with Crippen LogP contribution in [0.15, 0.2) is 48.5 Å². The molecule has 2 aromatic carbocycles. The number of aliphatic hydroxyl groups is 1. The van der Waals surface area contributed by atoms with Gasteiger partial charge in [0.05, 0.1) is 23.9 Å². The van der Waals surface area contributed by atoms with Crippen LogP contribution in [-0.4, -0.2) is 24.2 Å². The zero-order valence-electron chi connectivity index (χ0n) is 11.7. The maximum absolute atomic E-state index is 12.8. The van der Waals surface area contributed by atoms with Gasteiger partial charge < -0.3 is 15.7 Å². The van der Waals surface area contributed by atoms with E-state index in [-0.39, 0.29) is 25.0 Å². The van der Waals surface area contributed by atoms with Crippen molar-refractivity contribution in [3.05, 3.63) is 59.7 Å². The van der Waals surface area contributed by atoms with Gasteiger partial charge in [-0.25, -0.2) is 0 Å². The molecule has 0 saturated heterocycles. The number of benzene rings is 2. The summed E-state index contributed by atoms with van der Waals surface area (Å²) in [5.74, 6) is -0.131. The zero-order chi connectivity index (χ0) is 14.8. The van der Waals surface area contributed by atoms with Crippen LogP contribution >= 0.6 is 0 Å². The summed E-state index contributed by atoms with van der Waals surface area (Å²) in [5.41, 5.74) is 9.49. The van der Waals surface area contributed by atoms with Crippen molar-refractivity contribution < 1.29 is 9.90 Å². The van der Waals surface area contributed by atoms with Crippen LogP contribution in [0.25, 0.3) is 0 Å². The third-order valence-electron chi connectivity index (χ3n) is 3.97. The lowest BCUT2D eigenvalue weighted by atomic mass is 9.76. The van der Waals surface area contributed by atoms with Crippen LogP contribution in [0.1, 0.15) is 17.0 Å². The second-order valence-corrected chi connectivity index (χ2v) is 5.23. The van der Waals surface area contributed by atoms with E-state index in [4.69, 9.17) is 5.73 Å². The van der Waals surface area contributed by atoms with Crippen LogP contribution in [0.4, 0.5) is 11.4 Å². The molecule has 0 bridgehead atoms. The highest BCUT2D eigenvalue weighted by Gasteiger charge is 2.35. The number of aliphatic hydroxyl groups excluding tert-OH is 1. The third-order valence-corrected chi connectivity index (χ3v) is 3.97. The van der Waals surface area contributed by atoms with Gasteiger partial charge in [-0.3, -0.25) is 4.79 Å². The Kier molecular flexibility index (Phi) is 3.62. The number of hydrogen-bond donors (Lipinski definition) is 2. The second-order valence-electron chi connectivity index (χ2n) is 5.23. The monoisotopic (exact) mass is 282 g/mol. The summed E-state index contributed by atoms with van der Waals surface area (Å²) in [7, 11) is 0. The van der Waals surface area contributed by atoms with Crippen molar-refractivity contribution in [3.63, 3.8) is 0 Å². The first-order valence-electron chi connectivity index (χ1n) is 7.07. The number of amides is 1. The van der Waals surface area contributed by atoms with Gasteiger partial charge in [-0.05, 0) is 29.7 Å². The number of para-hydroxylation sites is 2. The Morgan fingerprint density at radius 3 is 2.62 bits per heavy atom.